The predicted molar refractivity (Wildman–Crippen MR) is 140 cm³/mol. The lowest BCUT2D eigenvalue weighted by atomic mass is 9.94. The maximum absolute atomic E-state index is 15.2. The zero-order valence-electron chi connectivity index (χ0n) is 19.1. The third-order valence-electron chi connectivity index (χ3n) is 5.83. The molecule has 0 radical (unpaired) electrons. The van der Waals surface area contributed by atoms with E-state index >= 15 is 4.39 Å². The van der Waals surface area contributed by atoms with E-state index in [-0.39, 0.29) is 22.6 Å². The summed E-state index contributed by atoms with van der Waals surface area (Å²) < 4.78 is 17.3. The number of aromatic nitrogens is 2. The van der Waals surface area contributed by atoms with Crippen LogP contribution in [0.1, 0.15) is 28.9 Å². The molecule has 0 fully saturated rings. The van der Waals surface area contributed by atoms with Gasteiger partial charge in [0.2, 0.25) is 0 Å². The van der Waals surface area contributed by atoms with Crippen molar-refractivity contribution in [2.75, 3.05) is 16.0 Å². The largest absolute Gasteiger partial charge is 0.343 e. The first-order valence-electron chi connectivity index (χ1n) is 11.2. The van der Waals surface area contributed by atoms with Gasteiger partial charge in [-0.3, -0.25) is 9.59 Å². The number of amides is 2. The summed E-state index contributed by atoms with van der Waals surface area (Å²) in [5.74, 6) is -0.929. The van der Waals surface area contributed by atoms with E-state index in [2.05, 4.69) is 37.0 Å². The summed E-state index contributed by atoms with van der Waals surface area (Å²) >= 11 is 3.40. The highest BCUT2D eigenvalue weighted by molar-refractivity contribution is 9.10. The van der Waals surface area contributed by atoms with Crippen LogP contribution >= 0.6 is 15.9 Å². The first kappa shape index (κ1) is 23.5. The molecule has 36 heavy (non-hydrogen) atoms. The van der Waals surface area contributed by atoms with E-state index in [4.69, 9.17) is 0 Å². The molecule has 0 aliphatic carbocycles. The Hall–Kier alpha value is -4.24. The van der Waals surface area contributed by atoms with E-state index in [0.717, 1.165) is 0 Å². The van der Waals surface area contributed by atoms with E-state index in [9.17, 15) is 9.59 Å². The zero-order valence-corrected chi connectivity index (χ0v) is 20.7. The summed E-state index contributed by atoms with van der Waals surface area (Å²) in [6.45, 7) is 1.72. The molecule has 3 N–H and O–H groups in total. The van der Waals surface area contributed by atoms with Gasteiger partial charge in [-0.1, -0.05) is 52.3 Å². The summed E-state index contributed by atoms with van der Waals surface area (Å²) in [6, 6.07) is 21.7. The van der Waals surface area contributed by atoms with Crippen LogP contribution in [0.25, 0.3) is 0 Å². The Balaban J connectivity index is 1.59. The molecule has 0 saturated carbocycles. The van der Waals surface area contributed by atoms with Crippen LogP contribution in [0.5, 0.6) is 0 Å². The van der Waals surface area contributed by atoms with Crippen LogP contribution in [0.15, 0.2) is 101 Å². The lowest BCUT2D eigenvalue weighted by molar-refractivity contribution is -0.113. The van der Waals surface area contributed by atoms with Gasteiger partial charge in [-0.2, -0.15) is 5.10 Å². The molecule has 1 aliphatic rings. The molecule has 0 spiro atoms. The molecule has 1 atom stereocenters. The van der Waals surface area contributed by atoms with Gasteiger partial charge in [0, 0.05) is 27.1 Å². The summed E-state index contributed by atoms with van der Waals surface area (Å²) in [5.41, 5.74) is 2.49. The quantitative estimate of drug-likeness (QED) is 0.288. The highest BCUT2D eigenvalue weighted by Gasteiger charge is 2.36. The summed E-state index contributed by atoms with van der Waals surface area (Å²) in [5, 5.41) is 13.3. The van der Waals surface area contributed by atoms with Gasteiger partial charge < -0.3 is 16.0 Å². The molecular weight excluding hydrogens is 525 g/mol. The van der Waals surface area contributed by atoms with Gasteiger partial charge in [-0.25, -0.2) is 9.07 Å². The molecule has 0 unspecified atom stereocenters. The van der Waals surface area contributed by atoms with Crippen molar-refractivity contribution >= 4 is 44.9 Å². The molecule has 3 aromatic carbocycles. The Morgan fingerprint density at radius 3 is 2.19 bits per heavy atom. The number of fused-ring (bicyclic) bond motifs is 1. The second-order valence-corrected chi connectivity index (χ2v) is 9.14. The minimum absolute atomic E-state index is 0.239. The molecule has 180 valence electrons. The van der Waals surface area contributed by atoms with Crippen LogP contribution in [0.2, 0.25) is 0 Å². The standard InChI is InChI=1S/C27H21BrFN5O2/c1-16-23(27(36)33-19-10-6-3-7-11-19)24(20-14-17(28)12-13-22(20)29)34-25(31-16)21(15-30-34)26(35)32-18-8-4-2-5-9-18/h2-15,24,31H,1H3,(H,32,35)(H,33,36)/t24-/m0/s1. The Labute approximate surface area is 215 Å². The van der Waals surface area contributed by atoms with Crippen LogP contribution in [-0.2, 0) is 4.79 Å². The molecule has 1 aromatic heterocycles. The lowest BCUT2D eigenvalue weighted by Gasteiger charge is -2.30. The van der Waals surface area contributed by atoms with Crippen LogP contribution in [0, 0.1) is 5.82 Å². The molecule has 0 bridgehead atoms. The fraction of sp³-hybridized carbons (Fsp3) is 0.0741. The zero-order chi connectivity index (χ0) is 25.2. The van der Waals surface area contributed by atoms with Gasteiger partial charge in [-0.15, -0.1) is 0 Å². The molecule has 2 heterocycles. The van der Waals surface area contributed by atoms with Crippen molar-refractivity contribution in [3.8, 4) is 0 Å². The van der Waals surface area contributed by atoms with Gasteiger partial charge in [0.1, 0.15) is 23.2 Å². The topological polar surface area (TPSA) is 88.0 Å². The molecule has 4 aromatic rings. The average Bonchev–Trinajstić information content (AvgIpc) is 3.29. The summed E-state index contributed by atoms with van der Waals surface area (Å²) in [7, 11) is 0. The third kappa shape index (κ3) is 4.52. The van der Waals surface area contributed by atoms with Gasteiger partial charge in [0.15, 0.2) is 0 Å². The number of carbonyl (C=O) groups excluding carboxylic acids is 2. The van der Waals surface area contributed by atoms with E-state index < -0.39 is 17.8 Å². The van der Waals surface area contributed by atoms with Crippen molar-refractivity contribution in [1.29, 1.82) is 0 Å². The van der Waals surface area contributed by atoms with Gasteiger partial charge in [0.05, 0.1) is 11.8 Å². The Morgan fingerprint density at radius 2 is 1.56 bits per heavy atom. The Kier molecular flexibility index (Phi) is 6.39. The number of nitrogens with one attached hydrogen (secondary N) is 3. The predicted octanol–water partition coefficient (Wildman–Crippen LogP) is 5.96. The number of para-hydroxylation sites is 2. The highest BCUT2D eigenvalue weighted by atomic mass is 79.9. The first-order valence-corrected chi connectivity index (χ1v) is 11.9. The van der Waals surface area contributed by atoms with Crippen LogP contribution in [0.4, 0.5) is 21.6 Å². The number of anilines is 3. The summed E-state index contributed by atoms with van der Waals surface area (Å²) in [4.78, 5) is 26.6. The van der Waals surface area contributed by atoms with Crippen molar-refractivity contribution in [3.05, 3.63) is 118 Å². The van der Waals surface area contributed by atoms with E-state index in [1.54, 1.807) is 43.3 Å². The van der Waals surface area contributed by atoms with E-state index in [1.807, 2.05) is 36.4 Å². The van der Waals surface area contributed by atoms with Gasteiger partial charge in [-0.05, 0) is 49.4 Å². The second-order valence-electron chi connectivity index (χ2n) is 8.22. The average molecular weight is 546 g/mol. The number of hydrogen-bond donors (Lipinski definition) is 3. The SMILES string of the molecule is CC1=C(C(=O)Nc2ccccc2)[C@H](c2cc(Br)ccc2F)n2ncc(C(=O)Nc3ccccc3)c2N1. The Bertz CT molecular complexity index is 1480. The van der Waals surface area contributed by atoms with Crippen LogP contribution in [0.3, 0.4) is 0 Å². The molecule has 1 aliphatic heterocycles. The van der Waals surface area contributed by atoms with Gasteiger partial charge in [0.25, 0.3) is 11.8 Å². The minimum atomic E-state index is -0.916. The minimum Gasteiger partial charge on any atom is -0.343 e. The Morgan fingerprint density at radius 1 is 0.944 bits per heavy atom. The van der Waals surface area contributed by atoms with Crippen molar-refractivity contribution in [1.82, 2.24) is 9.78 Å². The number of halogens is 2. The fourth-order valence-corrected chi connectivity index (χ4v) is 4.55. The molecule has 7 nitrogen and oxygen atoms in total. The van der Waals surface area contributed by atoms with Crippen molar-refractivity contribution in [3.63, 3.8) is 0 Å². The normalized spacial score (nSPS) is 14.6. The smallest absolute Gasteiger partial charge is 0.261 e. The number of rotatable bonds is 5. The maximum Gasteiger partial charge on any atom is 0.261 e. The number of hydrogen-bond acceptors (Lipinski definition) is 4. The number of allylic oxidation sites excluding steroid dienone is 1. The van der Waals surface area contributed by atoms with Gasteiger partial charge >= 0.3 is 0 Å². The van der Waals surface area contributed by atoms with Crippen molar-refractivity contribution in [2.24, 2.45) is 0 Å². The fourth-order valence-electron chi connectivity index (χ4n) is 4.17. The van der Waals surface area contributed by atoms with Crippen LogP contribution in [-0.4, -0.2) is 21.6 Å². The summed E-state index contributed by atoms with van der Waals surface area (Å²) in [6.07, 6.45) is 1.41. The highest BCUT2D eigenvalue weighted by Crippen LogP contribution is 2.39. The molecule has 5 rings (SSSR count). The lowest BCUT2D eigenvalue weighted by Crippen LogP contribution is -2.32. The number of nitrogens with zero attached hydrogens (tertiary/aromatic N) is 2. The van der Waals surface area contributed by atoms with Crippen molar-refractivity contribution in [2.45, 2.75) is 13.0 Å². The first-order chi connectivity index (χ1) is 17.4. The van der Waals surface area contributed by atoms with Crippen LogP contribution < -0.4 is 16.0 Å². The molecule has 0 saturated heterocycles. The maximum atomic E-state index is 15.2. The molecule has 9 heteroatoms. The third-order valence-corrected chi connectivity index (χ3v) is 6.32. The number of benzene rings is 3. The molecular formula is C27H21BrFN5O2. The second kappa shape index (κ2) is 9.79. The van der Waals surface area contributed by atoms with E-state index in [1.165, 1.54) is 16.9 Å². The van der Waals surface area contributed by atoms with Crippen molar-refractivity contribution < 1.29 is 14.0 Å². The molecule has 2 amide bonds. The van der Waals surface area contributed by atoms with E-state index in [0.29, 0.717) is 27.4 Å². The number of carbonyl (C=O) groups is 2. The monoisotopic (exact) mass is 545 g/mol.